The van der Waals surface area contributed by atoms with E-state index in [0.717, 1.165) is 99.2 Å². The van der Waals surface area contributed by atoms with Gasteiger partial charge < -0.3 is 9.13 Å². The molecule has 0 aliphatic heterocycles. The van der Waals surface area contributed by atoms with Crippen molar-refractivity contribution in [3.05, 3.63) is 245 Å². The summed E-state index contributed by atoms with van der Waals surface area (Å²) in [5.74, 6) is 0. The number of nitrogens with zero attached hydrogens (tertiary/aromatic N) is 8. The van der Waals surface area contributed by atoms with Crippen molar-refractivity contribution < 1.29 is 0 Å². The molecule has 0 amide bonds. The van der Waals surface area contributed by atoms with Gasteiger partial charge in [-0.3, -0.25) is 0 Å². The van der Waals surface area contributed by atoms with Crippen molar-refractivity contribution in [1.82, 2.24) is 9.13 Å². The molecule has 0 aliphatic carbocycles. The minimum atomic E-state index is 0.410. The maximum Gasteiger partial charge on any atom is 0.187 e. The smallest absolute Gasteiger partial charge is 0.187 e. The minimum Gasteiger partial charge on any atom is -0.308 e. The number of nitriles is 5. The Morgan fingerprint density at radius 3 is 0.932 bits per heavy atom. The van der Waals surface area contributed by atoms with E-state index in [4.69, 9.17) is 6.57 Å². The topological polar surface area (TPSA) is 133 Å². The fourth-order valence-electron chi connectivity index (χ4n) is 10.4. The van der Waals surface area contributed by atoms with Crippen molar-refractivity contribution in [1.29, 1.82) is 26.3 Å². The maximum absolute atomic E-state index is 11.1. The van der Waals surface area contributed by atoms with Crippen LogP contribution in [0.15, 0.2) is 206 Å². The molecule has 0 atom stereocenters. The fraction of sp³-hybridized carbons (Fsp3) is 0. The molecule has 0 fully saturated rings. The highest BCUT2D eigenvalue weighted by Crippen LogP contribution is 2.45. The lowest BCUT2D eigenvalue weighted by atomic mass is 9.96. The zero-order valence-corrected chi connectivity index (χ0v) is 39.2. The molecular weight excluding hydrogens is 905 g/mol. The molecule has 0 saturated carbocycles. The molecule has 338 valence electrons. The Labute approximate surface area is 425 Å². The lowest BCUT2D eigenvalue weighted by Gasteiger charge is -2.21. The van der Waals surface area contributed by atoms with Gasteiger partial charge in [0.25, 0.3) is 0 Å². The molecular formula is C66H34N8. The van der Waals surface area contributed by atoms with Crippen LogP contribution >= 0.6 is 0 Å². The molecule has 0 aliphatic rings. The molecule has 0 bridgehead atoms. The molecule has 12 rings (SSSR count). The van der Waals surface area contributed by atoms with Crippen LogP contribution in [0.25, 0.3) is 115 Å². The normalized spacial score (nSPS) is 10.9. The Bertz CT molecular complexity index is 4150. The molecule has 0 radical (unpaired) electrons. The summed E-state index contributed by atoms with van der Waals surface area (Å²) >= 11 is 0. The molecule has 0 unspecified atom stereocenters. The van der Waals surface area contributed by atoms with Crippen molar-refractivity contribution in [2.75, 3.05) is 0 Å². The van der Waals surface area contributed by atoms with Gasteiger partial charge in [-0.15, -0.1) is 0 Å². The highest BCUT2D eigenvalue weighted by atomic mass is 15.0. The van der Waals surface area contributed by atoms with Crippen LogP contribution in [0.4, 0.5) is 5.69 Å². The van der Waals surface area contributed by atoms with Gasteiger partial charge in [-0.2, -0.15) is 26.3 Å². The molecule has 2 aromatic heterocycles. The SMILES string of the molecule is [C-]#[N+]c1cccc(-c2ccc3c(c2)c2cc(-c4cccc(C#N)c4)ccc2n3-c2cc(C#N)cc(-n3c4ccc(-c5cccc(C#N)c5)cc4c4cc(-c5cccc(C#N)c5)ccc43)c2-c2cccc(C#N)c2)c1. The fourth-order valence-corrected chi connectivity index (χ4v) is 10.4. The van der Waals surface area contributed by atoms with Crippen LogP contribution in [0.2, 0.25) is 0 Å². The zero-order chi connectivity index (χ0) is 50.5. The van der Waals surface area contributed by atoms with E-state index in [0.29, 0.717) is 44.9 Å². The second-order valence-electron chi connectivity index (χ2n) is 18.0. The number of aromatic nitrogens is 2. The lowest BCUT2D eigenvalue weighted by Crippen LogP contribution is -2.05. The van der Waals surface area contributed by atoms with Crippen LogP contribution in [0.1, 0.15) is 27.8 Å². The summed E-state index contributed by atoms with van der Waals surface area (Å²) in [6, 6.07) is 78.5. The summed E-state index contributed by atoms with van der Waals surface area (Å²) < 4.78 is 4.40. The predicted octanol–water partition coefficient (Wildman–Crippen LogP) is 16.1. The molecule has 0 saturated heterocycles. The summed E-state index contributed by atoms with van der Waals surface area (Å²) in [6.07, 6.45) is 0. The average Bonchev–Trinajstić information content (AvgIpc) is 3.99. The van der Waals surface area contributed by atoms with E-state index in [2.05, 4.69) is 117 Å². The third-order valence-corrected chi connectivity index (χ3v) is 13.8. The first-order chi connectivity index (χ1) is 36.4. The molecule has 12 aromatic rings. The lowest BCUT2D eigenvalue weighted by molar-refractivity contribution is 1.13. The van der Waals surface area contributed by atoms with Crippen molar-refractivity contribution in [2.24, 2.45) is 0 Å². The number of hydrogen-bond donors (Lipinski definition) is 0. The van der Waals surface area contributed by atoms with Gasteiger partial charge in [0.1, 0.15) is 0 Å². The van der Waals surface area contributed by atoms with Gasteiger partial charge in [-0.25, -0.2) is 4.85 Å². The quantitative estimate of drug-likeness (QED) is 0.147. The Morgan fingerprint density at radius 1 is 0.297 bits per heavy atom. The largest absolute Gasteiger partial charge is 0.308 e. The van der Waals surface area contributed by atoms with Gasteiger partial charge in [0.2, 0.25) is 0 Å². The summed E-state index contributed by atoms with van der Waals surface area (Å²) in [7, 11) is 0. The van der Waals surface area contributed by atoms with Crippen LogP contribution in [0.5, 0.6) is 0 Å². The third kappa shape index (κ3) is 7.44. The first-order valence-electron chi connectivity index (χ1n) is 23.6. The summed E-state index contributed by atoms with van der Waals surface area (Å²) in [6.45, 7) is 7.74. The van der Waals surface area contributed by atoms with Crippen molar-refractivity contribution in [2.45, 2.75) is 0 Å². The Kier molecular flexibility index (Phi) is 10.7. The van der Waals surface area contributed by atoms with Crippen LogP contribution in [0, 0.1) is 63.2 Å². The molecule has 0 N–H and O–H groups in total. The standard InChI is InChI=1S/C66H34N8/c1-72-55-16-6-14-49(31-55)53-20-24-63-59(35-53)58-34-52(48-13-4-9-43(27-48)38-69)19-23-62(58)74(63)65-30-45(40-71)29-64(66(65)54-15-5-10-44(28-54)39-70)73-60-21-17-50(46-11-2-7-41(25-46)36-67)32-56(60)57-33-51(18-22-61(57)73)47-12-3-8-42(26-47)37-68/h2-35H. The van der Waals surface area contributed by atoms with Crippen molar-refractivity contribution in [3.63, 3.8) is 0 Å². The summed E-state index contributed by atoms with van der Waals surface area (Å²) in [5, 5.41) is 54.8. The van der Waals surface area contributed by atoms with E-state index >= 15 is 0 Å². The van der Waals surface area contributed by atoms with Gasteiger partial charge >= 0.3 is 0 Å². The van der Waals surface area contributed by atoms with Gasteiger partial charge in [-0.1, -0.05) is 91.0 Å². The molecule has 2 heterocycles. The number of benzene rings is 10. The van der Waals surface area contributed by atoms with Crippen LogP contribution < -0.4 is 0 Å². The maximum atomic E-state index is 11.1. The summed E-state index contributed by atoms with van der Waals surface area (Å²) in [5.41, 5.74) is 16.7. The van der Waals surface area contributed by atoms with Crippen LogP contribution in [-0.2, 0) is 0 Å². The number of fused-ring (bicyclic) bond motifs is 6. The average molecular weight is 939 g/mol. The molecule has 8 heteroatoms. The molecule has 0 spiro atoms. The van der Waals surface area contributed by atoms with Gasteiger partial charge in [0.15, 0.2) is 5.69 Å². The van der Waals surface area contributed by atoms with E-state index < -0.39 is 0 Å². The van der Waals surface area contributed by atoms with Crippen molar-refractivity contribution in [3.8, 4) is 97.4 Å². The predicted molar refractivity (Wildman–Crippen MR) is 292 cm³/mol. The monoisotopic (exact) mass is 938 g/mol. The third-order valence-electron chi connectivity index (χ3n) is 13.8. The Hall–Kier alpha value is -11.3. The van der Waals surface area contributed by atoms with E-state index in [1.165, 1.54) is 0 Å². The first-order valence-corrected chi connectivity index (χ1v) is 23.6. The number of rotatable bonds is 7. The first kappa shape index (κ1) is 44.0. The second-order valence-corrected chi connectivity index (χ2v) is 18.0. The molecule has 74 heavy (non-hydrogen) atoms. The van der Waals surface area contributed by atoms with Gasteiger partial charge in [0, 0.05) is 27.1 Å². The molecule has 10 aromatic carbocycles. The molecule has 8 nitrogen and oxygen atoms in total. The van der Waals surface area contributed by atoms with Crippen LogP contribution in [-0.4, -0.2) is 9.13 Å². The summed E-state index contributed by atoms with van der Waals surface area (Å²) in [4.78, 5) is 3.71. The van der Waals surface area contributed by atoms with E-state index in [-0.39, 0.29) is 0 Å². The van der Waals surface area contributed by atoms with Gasteiger partial charge in [0.05, 0.1) is 98.2 Å². The van der Waals surface area contributed by atoms with Crippen LogP contribution in [0.3, 0.4) is 0 Å². The van der Waals surface area contributed by atoms with E-state index in [1.54, 1.807) is 30.3 Å². The zero-order valence-electron chi connectivity index (χ0n) is 39.2. The highest BCUT2D eigenvalue weighted by Gasteiger charge is 2.25. The van der Waals surface area contributed by atoms with Crippen molar-refractivity contribution >= 4 is 49.3 Å². The van der Waals surface area contributed by atoms with E-state index in [9.17, 15) is 26.3 Å². The van der Waals surface area contributed by atoms with E-state index in [1.807, 2.05) is 103 Å². The minimum absolute atomic E-state index is 0.410. The Balaban J connectivity index is 1.20. The Morgan fingerprint density at radius 2 is 0.595 bits per heavy atom. The highest BCUT2D eigenvalue weighted by molar-refractivity contribution is 6.14. The number of hydrogen-bond acceptors (Lipinski definition) is 5. The second kappa shape index (κ2) is 17.9. The van der Waals surface area contributed by atoms with Gasteiger partial charge in [-0.05, 0) is 165 Å².